The number of fused-ring (bicyclic) bond motifs is 3. The van der Waals surface area contributed by atoms with E-state index in [-0.39, 0.29) is 0 Å². The van der Waals surface area contributed by atoms with Gasteiger partial charge in [-0.2, -0.15) is 0 Å². The highest BCUT2D eigenvalue weighted by Crippen LogP contribution is 2.29. The summed E-state index contributed by atoms with van der Waals surface area (Å²) in [4.78, 5) is 11.0. The highest BCUT2D eigenvalue weighted by atomic mass is 16.1. The van der Waals surface area contributed by atoms with Gasteiger partial charge in [-0.3, -0.25) is 4.79 Å². The first-order valence-corrected chi connectivity index (χ1v) is 5.24. The molecular weight excluding hydrogens is 198 g/mol. The maximum atomic E-state index is 11.0. The quantitative estimate of drug-likeness (QED) is 0.564. The SMILES string of the molecule is Cn1c2ccccc2c2cccc(C=O)c21. The van der Waals surface area contributed by atoms with Crippen LogP contribution in [0.2, 0.25) is 0 Å². The Morgan fingerprint density at radius 2 is 1.75 bits per heavy atom. The molecule has 0 amide bonds. The number of benzene rings is 2. The smallest absolute Gasteiger partial charge is 0.152 e. The zero-order valence-electron chi connectivity index (χ0n) is 8.97. The third kappa shape index (κ3) is 1.04. The summed E-state index contributed by atoms with van der Waals surface area (Å²) >= 11 is 0. The Labute approximate surface area is 93.1 Å². The molecule has 0 fully saturated rings. The minimum Gasteiger partial charge on any atom is -0.343 e. The van der Waals surface area contributed by atoms with Crippen molar-refractivity contribution in [1.29, 1.82) is 0 Å². The maximum absolute atomic E-state index is 11.0. The molecule has 0 bridgehead atoms. The fourth-order valence-corrected chi connectivity index (χ4v) is 2.36. The number of aromatic nitrogens is 1. The molecule has 0 saturated heterocycles. The number of para-hydroxylation sites is 2. The molecule has 0 radical (unpaired) electrons. The van der Waals surface area contributed by atoms with Crippen molar-refractivity contribution in [3.63, 3.8) is 0 Å². The topological polar surface area (TPSA) is 22.0 Å². The monoisotopic (exact) mass is 209 g/mol. The van der Waals surface area contributed by atoms with E-state index in [1.54, 1.807) is 0 Å². The summed E-state index contributed by atoms with van der Waals surface area (Å²) in [5.74, 6) is 0. The van der Waals surface area contributed by atoms with Gasteiger partial charge in [-0.25, -0.2) is 0 Å². The molecule has 0 aliphatic rings. The van der Waals surface area contributed by atoms with E-state index in [9.17, 15) is 4.79 Å². The van der Waals surface area contributed by atoms with Gasteiger partial charge in [0.05, 0.1) is 5.52 Å². The number of carbonyl (C=O) groups is 1. The summed E-state index contributed by atoms with van der Waals surface area (Å²) in [6, 6.07) is 14.0. The third-order valence-corrected chi connectivity index (χ3v) is 3.09. The van der Waals surface area contributed by atoms with Crippen LogP contribution in [0.3, 0.4) is 0 Å². The standard InChI is InChI=1S/C14H11NO/c1-15-13-8-3-2-6-11(13)12-7-4-5-10(9-16)14(12)15/h2-9H,1H3. The van der Waals surface area contributed by atoms with E-state index in [4.69, 9.17) is 0 Å². The fraction of sp³-hybridized carbons (Fsp3) is 0.0714. The summed E-state index contributed by atoms with van der Waals surface area (Å²) in [6.07, 6.45) is 0.918. The summed E-state index contributed by atoms with van der Waals surface area (Å²) in [6.45, 7) is 0. The van der Waals surface area contributed by atoms with Crippen molar-refractivity contribution in [3.8, 4) is 0 Å². The summed E-state index contributed by atoms with van der Waals surface area (Å²) in [5, 5.41) is 2.34. The molecule has 0 N–H and O–H groups in total. The van der Waals surface area contributed by atoms with Crippen molar-refractivity contribution >= 4 is 28.1 Å². The average Bonchev–Trinajstić information content (AvgIpc) is 2.64. The van der Waals surface area contributed by atoms with Crippen molar-refractivity contribution < 1.29 is 4.79 Å². The van der Waals surface area contributed by atoms with E-state index >= 15 is 0 Å². The fourth-order valence-electron chi connectivity index (χ4n) is 2.36. The van der Waals surface area contributed by atoms with E-state index in [0.29, 0.717) is 0 Å². The Balaban J connectivity index is 2.66. The van der Waals surface area contributed by atoms with Gasteiger partial charge in [0.2, 0.25) is 0 Å². The first-order chi connectivity index (χ1) is 7.83. The van der Waals surface area contributed by atoms with Crippen LogP contribution >= 0.6 is 0 Å². The summed E-state index contributed by atoms with van der Waals surface area (Å²) < 4.78 is 2.08. The predicted octanol–water partition coefficient (Wildman–Crippen LogP) is 3.14. The summed E-state index contributed by atoms with van der Waals surface area (Å²) in [7, 11) is 2.00. The Bertz CT molecular complexity index is 694. The number of hydrogen-bond acceptors (Lipinski definition) is 1. The largest absolute Gasteiger partial charge is 0.343 e. The van der Waals surface area contributed by atoms with Crippen molar-refractivity contribution in [2.75, 3.05) is 0 Å². The van der Waals surface area contributed by atoms with Gasteiger partial charge < -0.3 is 4.57 Å². The molecule has 3 rings (SSSR count). The number of aryl methyl sites for hydroxylation is 1. The van der Waals surface area contributed by atoms with E-state index in [2.05, 4.69) is 22.8 Å². The van der Waals surface area contributed by atoms with E-state index < -0.39 is 0 Å². The molecule has 0 atom stereocenters. The lowest BCUT2D eigenvalue weighted by Crippen LogP contribution is -1.90. The molecule has 2 aromatic carbocycles. The molecule has 3 aromatic rings. The van der Waals surface area contributed by atoms with Crippen LogP contribution in [0.5, 0.6) is 0 Å². The molecule has 1 heterocycles. The zero-order chi connectivity index (χ0) is 11.1. The number of hydrogen-bond donors (Lipinski definition) is 0. The molecule has 2 heteroatoms. The first kappa shape index (κ1) is 9.16. The van der Waals surface area contributed by atoms with Crippen molar-refractivity contribution in [2.24, 2.45) is 7.05 Å². The Kier molecular flexibility index (Phi) is 1.83. The molecule has 0 saturated carbocycles. The van der Waals surface area contributed by atoms with Crippen LogP contribution in [0.4, 0.5) is 0 Å². The first-order valence-electron chi connectivity index (χ1n) is 5.24. The molecule has 0 aliphatic heterocycles. The Morgan fingerprint density at radius 1 is 1.00 bits per heavy atom. The molecule has 0 unspecified atom stereocenters. The second-order valence-electron chi connectivity index (χ2n) is 3.94. The molecular formula is C14H11NO. The van der Waals surface area contributed by atoms with Crippen molar-refractivity contribution in [2.45, 2.75) is 0 Å². The molecule has 0 aliphatic carbocycles. The van der Waals surface area contributed by atoms with E-state index in [0.717, 1.165) is 28.3 Å². The highest BCUT2D eigenvalue weighted by Gasteiger charge is 2.09. The number of carbonyl (C=O) groups excluding carboxylic acids is 1. The van der Waals surface area contributed by atoms with Crippen LogP contribution in [-0.2, 0) is 7.05 Å². The Morgan fingerprint density at radius 3 is 2.56 bits per heavy atom. The van der Waals surface area contributed by atoms with Crippen LogP contribution in [0.25, 0.3) is 21.8 Å². The van der Waals surface area contributed by atoms with Crippen LogP contribution in [0.15, 0.2) is 42.5 Å². The zero-order valence-corrected chi connectivity index (χ0v) is 8.97. The van der Waals surface area contributed by atoms with Crippen molar-refractivity contribution in [3.05, 3.63) is 48.0 Å². The lowest BCUT2D eigenvalue weighted by molar-refractivity contribution is 0.112. The van der Waals surface area contributed by atoms with Gasteiger partial charge in [0, 0.05) is 28.9 Å². The third-order valence-electron chi connectivity index (χ3n) is 3.09. The second-order valence-corrected chi connectivity index (χ2v) is 3.94. The molecule has 2 nitrogen and oxygen atoms in total. The lowest BCUT2D eigenvalue weighted by Gasteiger charge is -1.99. The number of aldehydes is 1. The highest BCUT2D eigenvalue weighted by molar-refractivity contribution is 6.12. The Hall–Kier alpha value is -2.09. The van der Waals surface area contributed by atoms with Crippen LogP contribution < -0.4 is 0 Å². The minimum absolute atomic E-state index is 0.746. The van der Waals surface area contributed by atoms with Gasteiger partial charge in [0.25, 0.3) is 0 Å². The summed E-state index contributed by atoms with van der Waals surface area (Å²) in [5.41, 5.74) is 2.92. The van der Waals surface area contributed by atoms with Gasteiger partial charge in [-0.1, -0.05) is 30.3 Å². The van der Waals surface area contributed by atoms with Crippen LogP contribution in [0.1, 0.15) is 10.4 Å². The average molecular weight is 209 g/mol. The predicted molar refractivity (Wildman–Crippen MR) is 65.8 cm³/mol. The van der Waals surface area contributed by atoms with Gasteiger partial charge in [-0.05, 0) is 12.1 Å². The molecule has 0 spiro atoms. The normalized spacial score (nSPS) is 11.1. The second kappa shape index (κ2) is 3.20. The van der Waals surface area contributed by atoms with Gasteiger partial charge in [0.15, 0.2) is 6.29 Å². The van der Waals surface area contributed by atoms with Gasteiger partial charge in [0.1, 0.15) is 0 Å². The molecule has 1 aromatic heterocycles. The van der Waals surface area contributed by atoms with Crippen LogP contribution in [-0.4, -0.2) is 10.9 Å². The maximum Gasteiger partial charge on any atom is 0.152 e. The van der Waals surface area contributed by atoms with Gasteiger partial charge in [-0.15, -0.1) is 0 Å². The minimum atomic E-state index is 0.746. The van der Waals surface area contributed by atoms with E-state index in [1.165, 1.54) is 5.39 Å². The van der Waals surface area contributed by atoms with Gasteiger partial charge >= 0.3 is 0 Å². The molecule has 78 valence electrons. The number of nitrogens with zero attached hydrogens (tertiary/aromatic N) is 1. The lowest BCUT2D eigenvalue weighted by atomic mass is 10.1. The molecule has 16 heavy (non-hydrogen) atoms. The number of rotatable bonds is 1. The van der Waals surface area contributed by atoms with Crippen LogP contribution in [0, 0.1) is 0 Å². The van der Waals surface area contributed by atoms with Crippen molar-refractivity contribution in [1.82, 2.24) is 4.57 Å². The van der Waals surface area contributed by atoms with E-state index in [1.807, 2.05) is 31.3 Å².